The van der Waals surface area contributed by atoms with Crippen molar-refractivity contribution < 1.29 is 28.7 Å². The molecular formula is C36H53N3O6S. The minimum Gasteiger partial charge on any atom is -0.458 e. The summed E-state index contributed by atoms with van der Waals surface area (Å²) in [6, 6.07) is 11.9. The Morgan fingerprint density at radius 3 is 2.04 bits per heavy atom. The molecule has 0 spiro atoms. The van der Waals surface area contributed by atoms with Crippen LogP contribution in [0.1, 0.15) is 96.0 Å². The summed E-state index contributed by atoms with van der Waals surface area (Å²) in [5, 5.41) is 5.60. The second kappa shape index (κ2) is 17.4. The van der Waals surface area contributed by atoms with Gasteiger partial charge < -0.3 is 25.0 Å². The van der Waals surface area contributed by atoms with E-state index in [1.807, 2.05) is 62.4 Å². The molecule has 3 unspecified atom stereocenters. The van der Waals surface area contributed by atoms with E-state index in [9.17, 15) is 19.2 Å². The largest absolute Gasteiger partial charge is 0.458 e. The van der Waals surface area contributed by atoms with Crippen molar-refractivity contribution in [1.29, 1.82) is 0 Å². The molecular weight excluding hydrogens is 602 g/mol. The van der Waals surface area contributed by atoms with Gasteiger partial charge in [0.2, 0.25) is 11.8 Å². The molecule has 9 nitrogen and oxygen atoms in total. The zero-order chi connectivity index (χ0) is 34.7. The Morgan fingerprint density at radius 2 is 1.48 bits per heavy atom. The van der Waals surface area contributed by atoms with Gasteiger partial charge in [-0.05, 0) is 78.5 Å². The highest BCUT2D eigenvalue weighted by Crippen LogP contribution is 2.28. The minimum absolute atomic E-state index is 0.0158. The van der Waals surface area contributed by atoms with E-state index in [1.165, 1.54) is 4.90 Å². The Labute approximate surface area is 280 Å². The highest BCUT2D eigenvalue weighted by molar-refractivity contribution is 7.80. The molecule has 0 aromatic heterocycles. The van der Waals surface area contributed by atoms with Crippen LogP contribution in [0.4, 0.5) is 4.79 Å². The molecule has 0 aliphatic heterocycles. The smallest absolute Gasteiger partial charge is 0.408 e. The number of benzene rings is 2. The second-order valence-electron chi connectivity index (χ2n) is 13.7. The maximum Gasteiger partial charge on any atom is 0.408 e. The third-order valence-electron chi connectivity index (χ3n) is 7.04. The number of aryl methyl sites for hydroxylation is 2. The lowest BCUT2D eigenvalue weighted by Gasteiger charge is -2.36. The number of thiol groups is 1. The van der Waals surface area contributed by atoms with Crippen LogP contribution in [0.3, 0.4) is 0 Å². The van der Waals surface area contributed by atoms with Crippen molar-refractivity contribution in [2.45, 2.75) is 117 Å². The number of ether oxygens (including phenoxy) is 2. The van der Waals surface area contributed by atoms with Crippen LogP contribution in [0.25, 0.3) is 0 Å². The third-order valence-corrected chi connectivity index (χ3v) is 7.40. The summed E-state index contributed by atoms with van der Waals surface area (Å²) in [5.74, 6) is -1.60. The van der Waals surface area contributed by atoms with Gasteiger partial charge in [0.1, 0.15) is 29.3 Å². The summed E-state index contributed by atoms with van der Waals surface area (Å²) in [4.78, 5) is 56.6. The number of carbonyl (C=O) groups is 4. The van der Waals surface area contributed by atoms with Crippen LogP contribution in [0, 0.1) is 13.8 Å². The topological polar surface area (TPSA) is 114 Å². The molecule has 2 rings (SSSR count). The molecule has 46 heavy (non-hydrogen) atoms. The Hall–Kier alpha value is -3.53. The number of nitrogens with one attached hydrogen (secondary N) is 2. The van der Waals surface area contributed by atoms with Gasteiger partial charge in [0.05, 0.1) is 0 Å². The quantitative estimate of drug-likeness (QED) is 0.126. The molecule has 0 saturated heterocycles. The molecule has 10 heteroatoms. The molecule has 0 fully saturated rings. The second-order valence-corrected chi connectivity index (χ2v) is 14.0. The lowest BCUT2D eigenvalue weighted by Crippen LogP contribution is -2.55. The molecule has 2 aromatic rings. The maximum absolute atomic E-state index is 14.5. The van der Waals surface area contributed by atoms with E-state index in [4.69, 9.17) is 9.47 Å². The van der Waals surface area contributed by atoms with E-state index < -0.39 is 53.2 Å². The predicted molar refractivity (Wildman–Crippen MR) is 185 cm³/mol. The Balaban J connectivity index is 2.62. The molecule has 0 aliphatic rings. The molecule has 0 aliphatic carbocycles. The van der Waals surface area contributed by atoms with Crippen molar-refractivity contribution >= 4 is 36.5 Å². The fraction of sp³-hybridized carbons (Fsp3) is 0.556. The number of esters is 1. The highest BCUT2D eigenvalue weighted by Gasteiger charge is 2.38. The van der Waals surface area contributed by atoms with Crippen LogP contribution in [0.5, 0.6) is 0 Å². The van der Waals surface area contributed by atoms with Gasteiger partial charge in [0, 0.05) is 18.7 Å². The first kappa shape index (κ1) is 38.7. The fourth-order valence-corrected chi connectivity index (χ4v) is 5.15. The van der Waals surface area contributed by atoms with E-state index in [-0.39, 0.29) is 18.7 Å². The van der Waals surface area contributed by atoms with Gasteiger partial charge in [0.25, 0.3) is 0 Å². The average Bonchev–Trinajstić information content (AvgIpc) is 2.95. The SMILES string of the molecule is CCCCCN(C(=O)C(CS)NC(=O)OC(C)(C)C)C(C(=O)NC(Cc1ccccc1)C(=O)OC(C)(C)C)c1cc(C)ccc1C. The molecule has 0 radical (unpaired) electrons. The highest BCUT2D eigenvalue weighted by atomic mass is 32.1. The molecule has 0 saturated carbocycles. The zero-order valence-corrected chi connectivity index (χ0v) is 29.8. The minimum atomic E-state index is -1.10. The molecule has 2 N–H and O–H groups in total. The number of alkyl carbamates (subject to hydrolysis) is 1. The number of rotatable bonds is 14. The van der Waals surface area contributed by atoms with Gasteiger partial charge in [-0.2, -0.15) is 12.6 Å². The maximum atomic E-state index is 14.5. The molecule has 3 amide bonds. The zero-order valence-electron chi connectivity index (χ0n) is 28.9. The molecule has 254 valence electrons. The van der Waals surface area contributed by atoms with Gasteiger partial charge in [-0.3, -0.25) is 9.59 Å². The fourth-order valence-electron chi connectivity index (χ4n) is 4.91. The van der Waals surface area contributed by atoms with Gasteiger partial charge in [-0.1, -0.05) is 73.9 Å². The van der Waals surface area contributed by atoms with Crippen LogP contribution < -0.4 is 10.6 Å². The summed E-state index contributed by atoms with van der Waals surface area (Å²) < 4.78 is 11.1. The predicted octanol–water partition coefficient (Wildman–Crippen LogP) is 6.26. The molecule has 3 atom stereocenters. The average molecular weight is 656 g/mol. The van der Waals surface area contributed by atoms with Crippen LogP contribution in [0.15, 0.2) is 48.5 Å². The van der Waals surface area contributed by atoms with E-state index in [0.29, 0.717) is 12.0 Å². The van der Waals surface area contributed by atoms with Gasteiger partial charge in [-0.25, -0.2) is 9.59 Å². The number of carbonyl (C=O) groups excluding carboxylic acids is 4. The summed E-state index contributed by atoms with van der Waals surface area (Å²) in [6.45, 7) is 16.6. The van der Waals surface area contributed by atoms with Crippen molar-refractivity contribution in [3.63, 3.8) is 0 Å². The van der Waals surface area contributed by atoms with E-state index in [1.54, 1.807) is 41.5 Å². The Kier molecular flexibility index (Phi) is 14.6. The standard InChI is InChI=1S/C36H53N3O6S/c1-10-11-15-20-39(32(41)29(23-46)38-34(43)45-36(7,8)9)30(27-21-24(2)18-19-25(27)3)31(40)37-28(33(42)44-35(4,5)6)22-26-16-13-12-14-17-26/h12-14,16-19,21,28-30,46H,10-11,15,20,22-23H2,1-9H3,(H,37,40)(H,38,43). The van der Waals surface area contributed by atoms with Crippen LogP contribution in [-0.4, -0.2) is 64.4 Å². The van der Waals surface area contributed by atoms with Crippen molar-refractivity contribution in [2.24, 2.45) is 0 Å². The van der Waals surface area contributed by atoms with Crippen molar-refractivity contribution in [2.75, 3.05) is 12.3 Å². The van der Waals surface area contributed by atoms with E-state index in [2.05, 4.69) is 30.2 Å². The summed E-state index contributed by atoms with van der Waals surface area (Å²) in [7, 11) is 0. The summed E-state index contributed by atoms with van der Waals surface area (Å²) in [6.07, 6.45) is 1.79. The van der Waals surface area contributed by atoms with Crippen LogP contribution >= 0.6 is 12.6 Å². The van der Waals surface area contributed by atoms with Crippen molar-refractivity contribution in [1.82, 2.24) is 15.5 Å². The number of hydrogen-bond acceptors (Lipinski definition) is 7. The normalized spacial score (nSPS) is 13.6. The van der Waals surface area contributed by atoms with Gasteiger partial charge in [-0.15, -0.1) is 0 Å². The van der Waals surface area contributed by atoms with Crippen molar-refractivity contribution in [3.8, 4) is 0 Å². The lowest BCUT2D eigenvalue weighted by atomic mass is 9.95. The van der Waals surface area contributed by atoms with Gasteiger partial charge in [0.15, 0.2) is 0 Å². The van der Waals surface area contributed by atoms with Crippen LogP contribution in [-0.2, 0) is 30.3 Å². The van der Waals surface area contributed by atoms with Crippen molar-refractivity contribution in [3.05, 3.63) is 70.8 Å². The number of nitrogens with zero attached hydrogens (tertiary/aromatic N) is 1. The first-order valence-corrected chi connectivity index (χ1v) is 16.6. The number of unbranched alkanes of at least 4 members (excludes halogenated alkanes) is 2. The first-order chi connectivity index (χ1) is 21.5. The summed E-state index contributed by atoms with van der Waals surface area (Å²) >= 11 is 4.39. The molecule has 0 bridgehead atoms. The summed E-state index contributed by atoms with van der Waals surface area (Å²) in [5.41, 5.74) is 1.63. The first-order valence-electron chi connectivity index (χ1n) is 16.0. The molecule has 0 heterocycles. The number of hydrogen-bond donors (Lipinski definition) is 3. The Morgan fingerprint density at radius 1 is 0.848 bits per heavy atom. The lowest BCUT2D eigenvalue weighted by molar-refractivity contribution is -0.159. The monoisotopic (exact) mass is 655 g/mol. The van der Waals surface area contributed by atoms with E-state index >= 15 is 0 Å². The number of amides is 3. The Bertz CT molecular complexity index is 1320. The molecule has 2 aromatic carbocycles. The van der Waals surface area contributed by atoms with E-state index in [0.717, 1.165) is 29.5 Å². The van der Waals surface area contributed by atoms with Gasteiger partial charge >= 0.3 is 12.1 Å². The third kappa shape index (κ3) is 12.7. The van der Waals surface area contributed by atoms with Crippen LogP contribution in [0.2, 0.25) is 0 Å².